The molecule has 0 spiro atoms. The minimum absolute atomic E-state index is 0.0492. The smallest absolute Gasteiger partial charge is 0.229 e. The molecule has 6 heteroatoms. The Balaban J connectivity index is 1.58. The molecule has 0 saturated carbocycles. The quantitative estimate of drug-likeness (QED) is 0.873. The summed E-state index contributed by atoms with van der Waals surface area (Å²) in [5, 5.41) is 2.94. The first-order valence-electron chi connectivity index (χ1n) is 7.99. The number of hydrogen-bond acceptors (Lipinski definition) is 3. The lowest BCUT2D eigenvalue weighted by Gasteiger charge is -2.20. The highest BCUT2D eigenvalue weighted by molar-refractivity contribution is 9.10. The van der Waals surface area contributed by atoms with Gasteiger partial charge in [0.05, 0.1) is 12.0 Å². The normalized spacial score (nSPS) is 24.3. The van der Waals surface area contributed by atoms with Gasteiger partial charge in [-0.05, 0) is 43.5 Å². The zero-order valence-corrected chi connectivity index (χ0v) is 14.8. The van der Waals surface area contributed by atoms with Crippen molar-refractivity contribution in [2.75, 3.05) is 25.0 Å². The third-order valence-electron chi connectivity index (χ3n) is 4.48. The van der Waals surface area contributed by atoms with Crippen LogP contribution in [0.25, 0.3) is 0 Å². The number of nitrogens with zero attached hydrogens (tertiary/aromatic N) is 1. The van der Waals surface area contributed by atoms with Crippen molar-refractivity contribution in [3.63, 3.8) is 0 Å². The number of hydrogen-bond donors (Lipinski definition) is 1. The molecule has 0 radical (unpaired) electrons. The molecule has 5 nitrogen and oxygen atoms in total. The summed E-state index contributed by atoms with van der Waals surface area (Å²) in [5.41, 5.74) is 1.79. The SMILES string of the molecule is Cc1cc(Br)ccc1NC(=O)C1CC(=O)N(CC2CCCO2)C1. The van der Waals surface area contributed by atoms with Crippen molar-refractivity contribution in [3.05, 3.63) is 28.2 Å². The Labute approximate surface area is 144 Å². The van der Waals surface area contributed by atoms with E-state index in [1.807, 2.05) is 25.1 Å². The van der Waals surface area contributed by atoms with Crippen LogP contribution in [-0.4, -0.2) is 42.5 Å². The number of ether oxygens (including phenoxy) is 1. The molecule has 2 heterocycles. The van der Waals surface area contributed by atoms with Crippen molar-refractivity contribution in [2.24, 2.45) is 5.92 Å². The van der Waals surface area contributed by atoms with Crippen LogP contribution in [0.2, 0.25) is 0 Å². The zero-order valence-electron chi connectivity index (χ0n) is 13.2. The van der Waals surface area contributed by atoms with Crippen LogP contribution in [0.3, 0.4) is 0 Å². The summed E-state index contributed by atoms with van der Waals surface area (Å²) in [7, 11) is 0. The van der Waals surface area contributed by atoms with Gasteiger partial charge in [-0.15, -0.1) is 0 Å². The molecule has 0 aliphatic carbocycles. The third kappa shape index (κ3) is 3.93. The molecular weight excluding hydrogens is 360 g/mol. The van der Waals surface area contributed by atoms with Gasteiger partial charge in [-0.25, -0.2) is 0 Å². The monoisotopic (exact) mass is 380 g/mol. The first-order chi connectivity index (χ1) is 11.0. The van der Waals surface area contributed by atoms with E-state index < -0.39 is 0 Å². The number of carbonyl (C=O) groups excluding carboxylic acids is 2. The molecule has 3 rings (SSSR count). The van der Waals surface area contributed by atoms with E-state index in [4.69, 9.17) is 4.74 Å². The highest BCUT2D eigenvalue weighted by Gasteiger charge is 2.36. The van der Waals surface area contributed by atoms with Crippen molar-refractivity contribution >= 4 is 33.4 Å². The summed E-state index contributed by atoms with van der Waals surface area (Å²) in [6, 6.07) is 5.73. The Kier molecular flexibility index (Phi) is 5.02. The molecule has 2 atom stereocenters. The van der Waals surface area contributed by atoms with Gasteiger partial charge in [0.15, 0.2) is 0 Å². The topological polar surface area (TPSA) is 58.6 Å². The van der Waals surface area contributed by atoms with Gasteiger partial charge in [0.1, 0.15) is 0 Å². The second-order valence-electron chi connectivity index (χ2n) is 6.28. The highest BCUT2D eigenvalue weighted by Crippen LogP contribution is 2.25. The molecule has 2 fully saturated rings. The fraction of sp³-hybridized carbons (Fsp3) is 0.529. The molecule has 2 saturated heterocycles. The Bertz CT molecular complexity index is 614. The molecule has 2 amide bonds. The highest BCUT2D eigenvalue weighted by atomic mass is 79.9. The maximum absolute atomic E-state index is 12.4. The average Bonchev–Trinajstić information content (AvgIpc) is 3.13. The molecular formula is C17H21BrN2O3. The minimum Gasteiger partial charge on any atom is -0.376 e. The zero-order chi connectivity index (χ0) is 16.4. The molecule has 0 aromatic heterocycles. The van der Waals surface area contributed by atoms with Gasteiger partial charge in [0.25, 0.3) is 0 Å². The number of amides is 2. The van der Waals surface area contributed by atoms with Crippen LogP contribution in [0.15, 0.2) is 22.7 Å². The van der Waals surface area contributed by atoms with E-state index in [9.17, 15) is 9.59 Å². The number of carbonyl (C=O) groups is 2. The van der Waals surface area contributed by atoms with Crippen molar-refractivity contribution in [1.82, 2.24) is 4.90 Å². The predicted molar refractivity (Wildman–Crippen MR) is 91.2 cm³/mol. The van der Waals surface area contributed by atoms with E-state index in [1.165, 1.54) is 0 Å². The second kappa shape index (κ2) is 7.01. The second-order valence-corrected chi connectivity index (χ2v) is 7.20. The van der Waals surface area contributed by atoms with Gasteiger partial charge in [-0.1, -0.05) is 15.9 Å². The van der Waals surface area contributed by atoms with Crippen LogP contribution >= 0.6 is 15.9 Å². The summed E-state index contributed by atoms with van der Waals surface area (Å²) in [6.07, 6.45) is 2.47. The summed E-state index contributed by atoms with van der Waals surface area (Å²) in [6.45, 7) is 3.82. The van der Waals surface area contributed by atoms with Crippen molar-refractivity contribution in [2.45, 2.75) is 32.3 Å². The van der Waals surface area contributed by atoms with Crippen LogP contribution in [0.1, 0.15) is 24.8 Å². The number of aryl methyl sites for hydroxylation is 1. The minimum atomic E-state index is -0.285. The number of anilines is 1. The van der Waals surface area contributed by atoms with Crippen molar-refractivity contribution < 1.29 is 14.3 Å². The van der Waals surface area contributed by atoms with E-state index in [-0.39, 0.29) is 30.3 Å². The van der Waals surface area contributed by atoms with E-state index >= 15 is 0 Å². The molecule has 2 unspecified atom stereocenters. The maximum Gasteiger partial charge on any atom is 0.229 e. The van der Waals surface area contributed by atoms with Gasteiger partial charge >= 0.3 is 0 Å². The fourth-order valence-electron chi connectivity index (χ4n) is 3.16. The number of likely N-dealkylation sites (tertiary alicyclic amines) is 1. The number of nitrogens with one attached hydrogen (secondary N) is 1. The molecule has 2 aliphatic rings. The molecule has 124 valence electrons. The Morgan fingerprint density at radius 3 is 3.00 bits per heavy atom. The summed E-state index contributed by atoms with van der Waals surface area (Å²) in [5.74, 6) is -0.321. The molecule has 1 N–H and O–H groups in total. The molecule has 0 bridgehead atoms. The average molecular weight is 381 g/mol. The Morgan fingerprint density at radius 2 is 2.30 bits per heavy atom. The van der Waals surface area contributed by atoms with Gasteiger partial charge in [0.2, 0.25) is 11.8 Å². The lowest BCUT2D eigenvalue weighted by atomic mass is 10.1. The first-order valence-corrected chi connectivity index (χ1v) is 8.78. The maximum atomic E-state index is 12.4. The molecule has 23 heavy (non-hydrogen) atoms. The van der Waals surface area contributed by atoms with Crippen LogP contribution in [0.4, 0.5) is 5.69 Å². The Hall–Kier alpha value is -1.40. The number of rotatable bonds is 4. The molecule has 1 aromatic carbocycles. The lowest BCUT2D eigenvalue weighted by Crippen LogP contribution is -2.34. The van der Waals surface area contributed by atoms with Gasteiger partial charge < -0.3 is 15.0 Å². The van der Waals surface area contributed by atoms with E-state index in [0.29, 0.717) is 13.1 Å². The van der Waals surface area contributed by atoms with Crippen molar-refractivity contribution in [1.29, 1.82) is 0 Å². The summed E-state index contributed by atoms with van der Waals surface area (Å²) < 4.78 is 6.56. The fourth-order valence-corrected chi connectivity index (χ4v) is 3.64. The molecule has 1 aromatic rings. The third-order valence-corrected chi connectivity index (χ3v) is 4.97. The predicted octanol–water partition coefficient (Wildman–Crippen LogP) is 2.72. The number of halogens is 1. The van der Waals surface area contributed by atoms with Crippen molar-refractivity contribution in [3.8, 4) is 0 Å². The summed E-state index contributed by atoms with van der Waals surface area (Å²) >= 11 is 3.41. The molecule has 2 aliphatic heterocycles. The van der Waals surface area contributed by atoms with Gasteiger partial charge in [-0.3, -0.25) is 9.59 Å². The van der Waals surface area contributed by atoms with E-state index in [1.54, 1.807) is 4.90 Å². The van der Waals surface area contributed by atoms with E-state index in [2.05, 4.69) is 21.2 Å². The van der Waals surface area contributed by atoms with Gasteiger partial charge in [0, 0.05) is 36.3 Å². The largest absolute Gasteiger partial charge is 0.376 e. The van der Waals surface area contributed by atoms with Crippen LogP contribution in [0, 0.1) is 12.8 Å². The standard InChI is InChI=1S/C17H21BrN2O3/c1-11-7-13(18)4-5-15(11)19-17(22)12-8-16(21)20(9-12)10-14-3-2-6-23-14/h4-5,7,12,14H,2-3,6,8-10H2,1H3,(H,19,22). The number of benzene rings is 1. The Morgan fingerprint density at radius 1 is 1.48 bits per heavy atom. The van der Waals surface area contributed by atoms with Crippen LogP contribution in [0.5, 0.6) is 0 Å². The lowest BCUT2D eigenvalue weighted by molar-refractivity contribution is -0.129. The first kappa shape index (κ1) is 16.5. The van der Waals surface area contributed by atoms with E-state index in [0.717, 1.165) is 35.2 Å². The summed E-state index contributed by atoms with van der Waals surface area (Å²) in [4.78, 5) is 26.3. The van der Waals surface area contributed by atoms with Crippen LogP contribution < -0.4 is 5.32 Å². The van der Waals surface area contributed by atoms with Gasteiger partial charge in [-0.2, -0.15) is 0 Å². The van der Waals surface area contributed by atoms with Crippen LogP contribution in [-0.2, 0) is 14.3 Å².